The van der Waals surface area contributed by atoms with E-state index < -0.39 is 0 Å². The van der Waals surface area contributed by atoms with Crippen LogP contribution in [0.25, 0.3) is 0 Å². The van der Waals surface area contributed by atoms with Crippen molar-refractivity contribution in [1.29, 1.82) is 0 Å². The predicted molar refractivity (Wildman–Crippen MR) is 74.5 cm³/mol. The molecule has 0 bridgehead atoms. The smallest absolute Gasteiger partial charge is 0.0648 e. The summed E-state index contributed by atoms with van der Waals surface area (Å²) in [7, 11) is 0. The van der Waals surface area contributed by atoms with Gasteiger partial charge >= 0.3 is 0 Å². The van der Waals surface area contributed by atoms with Gasteiger partial charge in [0, 0.05) is 6.04 Å². The van der Waals surface area contributed by atoms with Crippen LogP contribution >= 0.6 is 0 Å². The van der Waals surface area contributed by atoms with E-state index in [1.54, 1.807) is 0 Å². The van der Waals surface area contributed by atoms with E-state index in [9.17, 15) is 0 Å². The summed E-state index contributed by atoms with van der Waals surface area (Å²) in [5.74, 6) is 0.765. The van der Waals surface area contributed by atoms with Crippen LogP contribution in [-0.2, 0) is 0 Å². The van der Waals surface area contributed by atoms with Gasteiger partial charge in [-0.2, -0.15) is 10.2 Å². The first-order valence-electron chi connectivity index (χ1n) is 7.26. The average Bonchev–Trinajstić information content (AvgIpc) is 2.40. The molecule has 1 aromatic heterocycles. The molecule has 2 rings (SSSR count). The van der Waals surface area contributed by atoms with Crippen LogP contribution in [0.3, 0.4) is 0 Å². The molecule has 1 heterocycles. The second-order valence-electron chi connectivity index (χ2n) is 5.46. The van der Waals surface area contributed by atoms with Gasteiger partial charge in [0.15, 0.2) is 0 Å². The van der Waals surface area contributed by atoms with Crippen molar-refractivity contribution in [2.75, 3.05) is 6.54 Å². The summed E-state index contributed by atoms with van der Waals surface area (Å²) < 4.78 is 0. The predicted octanol–water partition coefficient (Wildman–Crippen LogP) is 3.32. The molecule has 3 nitrogen and oxygen atoms in total. The number of aromatic nitrogens is 2. The van der Waals surface area contributed by atoms with Crippen molar-refractivity contribution >= 4 is 0 Å². The lowest BCUT2D eigenvalue weighted by atomic mass is 9.80. The maximum Gasteiger partial charge on any atom is 0.0648 e. The Hall–Kier alpha value is -0.960. The molecule has 0 radical (unpaired) electrons. The molecule has 1 fully saturated rings. The minimum Gasteiger partial charge on any atom is -0.310 e. The van der Waals surface area contributed by atoms with Crippen LogP contribution in [-0.4, -0.2) is 16.7 Å². The Kier molecular flexibility index (Phi) is 4.70. The molecule has 18 heavy (non-hydrogen) atoms. The average molecular weight is 247 g/mol. The number of rotatable bonds is 4. The summed E-state index contributed by atoms with van der Waals surface area (Å²) in [5.41, 5.74) is 3.46. The van der Waals surface area contributed by atoms with Crippen molar-refractivity contribution in [3.63, 3.8) is 0 Å². The molecule has 0 aliphatic heterocycles. The molecule has 1 saturated carbocycles. The molecule has 1 aromatic rings. The van der Waals surface area contributed by atoms with Crippen LogP contribution in [0.2, 0.25) is 0 Å². The highest BCUT2D eigenvalue weighted by Gasteiger charge is 2.26. The van der Waals surface area contributed by atoms with Crippen molar-refractivity contribution in [3.05, 3.63) is 23.0 Å². The molecule has 0 spiro atoms. The zero-order valence-electron chi connectivity index (χ0n) is 11.9. The van der Waals surface area contributed by atoms with Crippen molar-refractivity contribution in [2.45, 2.75) is 58.9 Å². The lowest BCUT2D eigenvalue weighted by Gasteiger charge is -2.31. The largest absolute Gasteiger partial charge is 0.310 e. The van der Waals surface area contributed by atoms with Gasteiger partial charge in [0.25, 0.3) is 0 Å². The van der Waals surface area contributed by atoms with Gasteiger partial charge in [0.2, 0.25) is 0 Å². The summed E-state index contributed by atoms with van der Waals surface area (Å²) in [6.07, 6.45) is 6.85. The SMILES string of the molecule is CCNC(c1cc(C)nnc1C)C1CCCCC1. The lowest BCUT2D eigenvalue weighted by molar-refractivity contribution is 0.273. The summed E-state index contributed by atoms with van der Waals surface area (Å²) >= 11 is 0. The van der Waals surface area contributed by atoms with Crippen LogP contribution in [0, 0.1) is 19.8 Å². The van der Waals surface area contributed by atoms with Crippen LogP contribution < -0.4 is 5.32 Å². The Bertz CT molecular complexity index is 383. The molecule has 3 heteroatoms. The highest BCUT2D eigenvalue weighted by Crippen LogP contribution is 2.35. The molecule has 0 amide bonds. The summed E-state index contributed by atoms with van der Waals surface area (Å²) in [4.78, 5) is 0. The summed E-state index contributed by atoms with van der Waals surface area (Å²) in [6, 6.07) is 2.68. The van der Waals surface area contributed by atoms with Gasteiger partial charge in [-0.1, -0.05) is 26.2 Å². The number of nitrogens with one attached hydrogen (secondary N) is 1. The number of hydrogen-bond acceptors (Lipinski definition) is 3. The maximum absolute atomic E-state index is 4.29. The zero-order chi connectivity index (χ0) is 13.0. The first-order valence-corrected chi connectivity index (χ1v) is 7.26. The first-order chi connectivity index (χ1) is 8.72. The normalized spacial score (nSPS) is 18.8. The molecular weight excluding hydrogens is 222 g/mol. The first kappa shape index (κ1) is 13.5. The third-order valence-electron chi connectivity index (χ3n) is 4.02. The highest BCUT2D eigenvalue weighted by atomic mass is 15.1. The van der Waals surface area contributed by atoms with E-state index in [1.807, 2.05) is 6.92 Å². The van der Waals surface area contributed by atoms with Gasteiger partial charge < -0.3 is 5.32 Å². The van der Waals surface area contributed by atoms with Crippen molar-refractivity contribution in [2.24, 2.45) is 5.92 Å². The Morgan fingerprint density at radius 2 is 1.94 bits per heavy atom. The lowest BCUT2D eigenvalue weighted by Crippen LogP contribution is -2.30. The summed E-state index contributed by atoms with van der Waals surface area (Å²) in [5, 5.41) is 12.1. The fraction of sp³-hybridized carbons (Fsp3) is 0.733. The topological polar surface area (TPSA) is 37.8 Å². The third-order valence-corrected chi connectivity index (χ3v) is 4.02. The van der Waals surface area contributed by atoms with Gasteiger partial charge in [-0.25, -0.2) is 0 Å². The Balaban J connectivity index is 2.24. The quantitative estimate of drug-likeness (QED) is 0.887. The number of hydrogen-bond donors (Lipinski definition) is 1. The molecule has 1 unspecified atom stereocenters. The molecular formula is C15H25N3. The minimum absolute atomic E-state index is 0.462. The Labute approximate surface area is 110 Å². The van der Waals surface area contributed by atoms with Crippen LogP contribution in [0.5, 0.6) is 0 Å². The van der Waals surface area contributed by atoms with E-state index in [1.165, 1.54) is 37.7 Å². The van der Waals surface area contributed by atoms with E-state index in [0.29, 0.717) is 6.04 Å². The van der Waals surface area contributed by atoms with Crippen molar-refractivity contribution < 1.29 is 0 Å². The maximum atomic E-state index is 4.29. The van der Waals surface area contributed by atoms with Gasteiger partial charge in [-0.15, -0.1) is 0 Å². The van der Waals surface area contributed by atoms with Gasteiger partial charge in [-0.3, -0.25) is 0 Å². The molecule has 0 saturated heterocycles. The molecule has 1 aliphatic carbocycles. The molecule has 100 valence electrons. The monoisotopic (exact) mass is 247 g/mol. The fourth-order valence-corrected chi connectivity index (χ4v) is 3.10. The van der Waals surface area contributed by atoms with E-state index in [2.05, 4.69) is 35.4 Å². The Morgan fingerprint density at radius 1 is 1.22 bits per heavy atom. The second-order valence-corrected chi connectivity index (χ2v) is 5.46. The minimum atomic E-state index is 0.462. The standard InChI is InChI=1S/C15H25N3/c1-4-16-15(13-8-6-5-7-9-13)14-10-11(2)17-18-12(14)3/h10,13,15-16H,4-9H2,1-3H3. The van der Waals surface area contributed by atoms with Gasteiger partial charge in [0.05, 0.1) is 11.4 Å². The van der Waals surface area contributed by atoms with Crippen molar-refractivity contribution in [3.8, 4) is 0 Å². The van der Waals surface area contributed by atoms with Gasteiger partial charge in [0.1, 0.15) is 0 Å². The Morgan fingerprint density at radius 3 is 2.61 bits per heavy atom. The molecule has 1 atom stereocenters. The van der Waals surface area contributed by atoms with E-state index in [4.69, 9.17) is 0 Å². The molecule has 1 aliphatic rings. The number of aryl methyl sites for hydroxylation is 2. The summed E-state index contributed by atoms with van der Waals surface area (Å²) in [6.45, 7) is 7.31. The van der Waals surface area contributed by atoms with Crippen LogP contribution in [0.1, 0.15) is 62.0 Å². The fourth-order valence-electron chi connectivity index (χ4n) is 3.10. The zero-order valence-corrected chi connectivity index (χ0v) is 11.9. The van der Waals surface area contributed by atoms with E-state index >= 15 is 0 Å². The molecule has 1 N–H and O–H groups in total. The van der Waals surface area contributed by atoms with Crippen LogP contribution in [0.15, 0.2) is 6.07 Å². The molecule has 0 aromatic carbocycles. The van der Waals surface area contributed by atoms with E-state index in [-0.39, 0.29) is 0 Å². The van der Waals surface area contributed by atoms with E-state index in [0.717, 1.165) is 23.9 Å². The third kappa shape index (κ3) is 3.08. The van der Waals surface area contributed by atoms with Crippen molar-refractivity contribution in [1.82, 2.24) is 15.5 Å². The number of nitrogens with zero attached hydrogens (tertiary/aromatic N) is 2. The highest BCUT2D eigenvalue weighted by molar-refractivity contribution is 5.24. The van der Waals surface area contributed by atoms with Crippen LogP contribution in [0.4, 0.5) is 0 Å². The van der Waals surface area contributed by atoms with Gasteiger partial charge in [-0.05, 0) is 50.8 Å². The second kappa shape index (κ2) is 6.28.